The first-order valence-corrected chi connectivity index (χ1v) is 20.3. The van der Waals surface area contributed by atoms with E-state index in [2.05, 4.69) is 24.5 Å². The maximum atomic E-state index is 13.0. The molecule has 0 fully saturated rings. The molecule has 0 aromatic heterocycles. The number of hydrogen-bond acceptors (Lipinski definition) is 5. The molecule has 0 atom stereocenters. The molecule has 0 saturated carbocycles. The number of hydrogen-bond donors (Lipinski definition) is 2. The molecule has 0 bridgehead atoms. The second-order valence-electron chi connectivity index (χ2n) is 13.1. The highest BCUT2D eigenvalue weighted by atomic mass is 28.4. The third kappa shape index (κ3) is 24.3. The normalized spacial score (nSPS) is 12.0. The van der Waals surface area contributed by atoms with Gasteiger partial charge in [0.1, 0.15) is 0 Å². The standard InChI is InChI=1S/C35H73N3O5Si/c1-7-9-11-13-15-17-19-21-23-25-28-36-34(39)32-38(3,30-27-31-44(41-4,42-5)43-6)33-35(40)37-29-26-24-22-20-18-16-14-12-10-8-2/h7-33H2,1-6H3,(H-,36,37,39,40)/p+1. The summed E-state index contributed by atoms with van der Waals surface area (Å²) >= 11 is 0. The van der Waals surface area contributed by atoms with E-state index in [9.17, 15) is 9.59 Å². The fraction of sp³-hybridized carbons (Fsp3) is 0.943. The summed E-state index contributed by atoms with van der Waals surface area (Å²) in [4.78, 5) is 25.9. The van der Waals surface area contributed by atoms with Crippen molar-refractivity contribution in [1.29, 1.82) is 0 Å². The predicted molar refractivity (Wildman–Crippen MR) is 187 cm³/mol. The second-order valence-corrected chi connectivity index (χ2v) is 16.2. The van der Waals surface area contributed by atoms with Crippen LogP contribution in [0.1, 0.15) is 149 Å². The largest absolute Gasteiger partial charge is 0.500 e. The van der Waals surface area contributed by atoms with Crippen LogP contribution < -0.4 is 10.6 Å². The van der Waals surface area contributed by atoms with Crippen molar-refractivity contribution < 1.29 is 27.4 Å². The number of carbonyl (C=O) groups is 2. The van der Waals surface area contributed by atoms with E-state index in [0.29, 0.717) is 30.2 Å². The van der Waals surface area contributed by atoms with Gasteiger partial charge in [-0.25, -0.2) is 0 Å². The van der Waals surface area contributed by atoms with E-state index in [1.54, 1.807) is 21.3 Å². The van der Waals surface area contributed by atoms with Gasteiger partial charge in [0.05, 0.1) is 13.6 Å². The molecule has 0 aromatic rings. The highest BCUT2D eigenvalue weighted by molar-refractivity contribution is 6.60. The topological polar surface area (TPSA) is 85.9 Å². The van der Waals surface area contributed by atoms with Gasteiger partial charge in [0.25, 0.3) is 11.8 Å². The Morgan fingerprint density at radius 2 is 0.841 bits per heavy atom. The van der Waals surface area contributed by atoms with Crippen LogP contribution in [0, 0.1) is 0 Å². The average Bonchev–Trinajstić information content (AvgIpc) is 3.01. The average molecular weight is 645 g/mol. The fourth-order valence-electron chi connectivity index (χ4n) is 5.93. The minimum atomic E-state index is -2.71. The Morgan fingerprint density at radius 1 is 0.523 bits per heavy atom. The highest BCUT2D eigenvalue weighted by Crippen LogP contribution is 2.17. The van der Waals surface area contributed by atoms with E-state index in [4.69, 9.17) is 13.3 Å². The van der Waals surface area contributed by atoms with E-state index >= 15 is 0 Å². The third-order valence-electron chi connectivity index (χ3n) is 8.87. The van der Waals surface area contributed by atoms with Crippen molar-refractivity contribution in [2.45, 2.75) is 155 Å². The van der Waals surface area contributed by atoms with Crippen LogP contribution in [0.3, 0.4) is 0 Å². The minimum absolute atomic E-state index is 0.0136. The Balaban J connectivity index is 4.53. The van der Waals surface area contributed by atoms with Crippen LogP contribution in [-0.2, 0) is 22.9 Å². The first-order valence-electron chi connectivity index (χ1n) is 18.3. The van der Waals surface area contributed by atoms with Crippen molar-refractivity contribution in [2.24, 2.45) is 0 Å². The van der Waals surface area contributed by atoms with Crippen molar-refractivity contribution >= 4 is 20.6 Å². The molecule has 44 heavy (non-hydrogen) atoms. The Labute approximate surface area is 274 Å². The molecule has 0 spiro atoms. The Hall–Kier alpha value is -1.00. The number of quaternary nitrogens is 1. The summed E-state index contributed by atoms with van der Waals surface area (Å²) in [6.45, 7) is 7.15. The maximum Gasteiger partial charge on any atom is 0.500 e. The van der Waals surface area contributed by atoms with E-state index in [-0.39, 0.29) is 24.9 Å². The summed E-state index contributed by atoms with van der Waals surface area (Å²) in [7, 11) is 4.17. The van der Waals surface area contributed by atoms with Crippen molar-refractivity contribution in [2.75, 3.05) is 61.1 Å². The molecule has 2 N–H and O–H groups in total. The lowest BCUT2D eigenvalue weighted by Crippen LogP contribution is -2.56. The van der Waals surface area contributed by atoms with Crippen LogP contribution in [0.4, 0.5) is 0 Å². The summed E-state index contributed by atoms with van der Waals surface area (Å²) in [5, 5.41) is 6.23. The van der Waals surface area contributed by atoms with Gasteiger partial charge in [0.15, 0.2) is 13.1 Å². The molecule has 8 nitrogen and oxygen atoms in total. The summed E-state index contributed by atoms with van der Waals surface area (Å²) in [6.07, 6.45) is 26.3. The van der Waals surface area contributed by atoms with Gasteiger partial charge >= 0.3 is 8.80 Å². The monoisotopic (exact) mass is 645 g/mol. The quantitative estimate of drug-likeness (QED) is 0.0433. The van der Waals surface area contributed by atoms with Gasteiger partial charge in [-0.05, 0) is 12.8 Å². The van der Waals surface area contributed by atoms with Gasteiger partial charge in [-0.2, -0.15) is 0 Å². The van der Waals surface area contributed by atoms with Crippen LogP contribution >= 0.6 is 0 Å². The number of nitrogens with one attached hydrogen (secondary N) is 2. The molecule has 0 heterocycles. The zero-order chi connectivity index (χ0) is 32.8. The van der Waals surface area contributed by atoms with Gasteiger partial charge in [-0.1, -0.05) is 129 Å². The number of rotatable bonds is 33. The number of carbonyl (C=O) groups excluding carboxylic acids is 2. The lowest BCUT2D eigenvalue weighted by Gasteiger charge is -2.34. The van der Waals surface area contributed by atoms with Crippen molar-refractivity contribution in [3.8, 4) is 0 Å². The SMILES string of the molecule is CCCCCCCCCCCCNC(=O)C[N+](C)(CCC[Si](OC)(OC)OC)CC(=O)NCCCCCCCCCCCC. The van der Waals surface area contributed by atoms with E-state index in [1.807, 2.05) is 7.05 Å². The molecule has 0 unspecified atom stereocenters. The molecule has 0 aliphatic carbocycles. The van der Waals surface area contributed by atoms with Crippen LogP contribution in [0.15, 0.2) is 0 Å². The van der Waals surface area contributed by atoms with E-state index in [0.717, 1.165) is 32.1 Å². The van der Waals surface area contributed by atoms with Crippen LogP contribution in [0.5, 0.6) is 0 Å². The molecule has 262 valence electrons. The van der Waals surface area contributed by atoms with Gasteiger partial charge < -0.3 is 28.4 Å². The first-order chi connectivity index (χ1) is 21.3. The second kappa shape index (κ2) is 29.4. The smallest absolute Gasteiger partial charge is 0.377 e. The predicted octanol–water partition coefficient (Wildman–Crippen LogP) is 7.78. The lowest BCUT2D eigenvalue weighted by molar-refractivity contribution is -0.894. The molecule has 0 aliphatic rings. The molecule has 0 aromatic carbocycles. The molecule has 0 rings (SSSR count). The third-order valence-corrected chi connectivity index (χ3v) is 11.7. The Bertz CT molecular complexity index is 630. The molecule has 0 aliphatic heterocycles. The minimum Gasteiger partial charge on any atom is -0.377 e. The van der Waals surface area contributed by atoms with Gasteiger partial charge in [0.2, 0.25) is 0 Å². The molecule has 9 heteroatoms. The van der Waals surface area contributed by atoms with Crippen LogP contribution in [0.2, 0.25) is 6.04 Å². The number of amides is 2. The summed E-state index contributed by atoms with van der Waals surface area (Å²) in [6, 6.07) is 0.644. The van der Waals surface area contributed by atoms with E-state index < -0.39 is 8.80 Å². The van der Waals surface area contributed by atoms with Gasteiger partial charge in [0, 0.05) is 46.9 Å². The Kier molecular flexibility index (Phi) is 28.7. The maximum absolute atomic E-state index is 13.0. The fourth-order valence-corrected chi connectivity index (χ4v) is 7.64. The summed E-state index contributed by atoms with van der Waals surface area (Å²) in [5.41, 5.74) is 0. The lowest BCUT2D eigenvalue weighted by atomic mass is 10.1. The number of nitrogens with zero attached hydrogens (tertiary/aromatic N) is 1. The molecule has 0 saturated heterocycles. The zero-order valence-electron chi connectivity index (χ0n) is 30.1. The van der Waals surface area contributed by atoms with Gasteiger partial charge in [-0.3, -0.25) is 9.59 Å². The zero-order valence-corrected chi connectivity index (χ0v) is 31.1. The van der Waals surface area contributed by atoms with E-state index in [1.165, 1.54) is 103 Å². The first kappa shape index (κ1) is 43.0. The molecule has 0 radical (unpaired) electrons. The van der Waals surface area contributed by atoms with Crippen LogP contribution in [0.25, 0.3) is 0 Å². The Morgan fingerprint density at radius 3 is 1.16 bits per heavy atom. The van der Waals surface area contributed by atoms with Crippen LogP contribution in [-0.4, -0.2) is 86.2 Å². The molecule has 2 amide bonds. The number of unbranched alkanes of at least 4 members (excludes halogenated alkanes) is 18. The van der Waals surface area contributed by atoms with Crippen molar-refractivity contribution in [3.05, 3.63) is 0 Å². The molecular weight excluding hydrogens is 570 g/mol. The van der Waals surface area contributed by atoms with Crippen molar-refractivity contribution in [3.63, 3.8) is 0 Å². The highest BCUT2D eigenvalue weighted by Gasteiger charge is 2.38. The van der Waals surface area contributed by atoms with Crippen molar-refractivity contribution in [1.82, 2.24) is 10.6 Å². The number of likely N-dealkylation sites (N-methyl/N-ethyl adjacent to an activating group) is 1. The molecular formula is C35H74N3O5Si+. The van der Waals surface area contributed by atoms with Gasteiger partial charge in [-0.15, -0.1) is 0 Å². The summed E-state index contributed by atoms with van der Waals surface area (Å²) < 4.78 is 17.1. The summed E-state index contributed by atoms with van der Waals surface area (Å²) in [5.74, 6) is 0.0271.